The number of fused-ring (bicyclic) bond motifs is 1. The zero-order valence-electron chi connectivity index (χ0n) is 12.5. The molecule has 2 aromatic rings. The number of rotatable bonds is 3. The van der Waals surface area contributed by atoms with Crippen molar-refractivity contribution in [2.24, 2.45) is 0 Å². The predicted octanol–water partition coefficient (Wildman–Crippen LogP) is 2.51. The molecule has 0 spiro atoms. The minimum atomic E-state index is -0.173. The van der Waals surface area contributed by atoms with Crippen molar-refractivity contribution < 1.29 is 9.59 Å². The molecule has 5 heteroatoms. The lowest BCUT2D eigenvalue weighted by Crippen LogP contribution is -2.52. The molecule has 1 fully saturated rings. The molecule has 3 N–H and O–H groups in total. The van der Waals surface area contributed by atoms with Gasteiger partial charge in [0.2, 0.25) is 0 Å². The largest absolute Gasteiger partial charge is 0.397 e. The highest BCUT2D eigenvalue weighted by molar-refractivity contribution is 6.21. The molecule has 116 valence electrons. The first-order chi connectivity index (χ1) is 11.1. The summed E-state index contributed by atoms with van der Waals surface area (Å²) in [4.78, 5) is 26.3. The van der Waals surface area contributed by atoms with E-state index in [4.69, 9.17) is 5.73 Å². The smallest absolute Gasteiger partial charge is 0.261 e. The molecule has 0 bridgehead atoms. The van der Waals surface area contributed by atoms with Crippen molar-refractivity contribution in [1.29, 1.82) is 0 Å². The molecule has 0 radical (unpaired) electrons. The Morgan fingerprint density at radius 2 is 1.48 bits per heavy atom. The van der Waals surface area contributed by atoms with E-state index >= 15 is 0 Å². The van der Waals surface area contributed by atoms with Gasteiger partial charge in [0, 0.05) is 12.1 Å². The van der Waals surface area contributed by atoms with Crippen molar-refractivity contribution in [3.05, 3.63) is 59.7 Å². The van der Waals surface area contributed by atoms with Crippen molar-refractivity contribution in [3.63, 3.8) is 0 Å². The summed E-state index contributed by atoms with van der Waals surface area (Å²) in [6.45, 7) is 0. The lowest BCUT2D eigenvalue weighted by molar-refractivity contribution is 0.0492. The first-order valence-corrected chi connectivity index (χ1v) is 7.73. The second-order valence-electron chi connectivity index (χ2n) is 6.08. The molecular formula is C18H17N3O2. The Hall–Kier alpha value is -2.82. The number of carbonyl (C=O) groups excluding carboxylic acids is 2. The molecule has 0 unspecified atom stereocenters. The lowest BCUT2D eigenvalue weighted by atomic mass is 9.85. The Labute approximate surface area is 134 Å². The Morgan fingerprint density at radius 1 is 0.913 bits per heavy atom. The predicted molar refractivity (Wildman–Crippen MR) is 88.2 cm³/mol. The van der Waals surface area contributed by atoms with Gasteiger partial charge in [0.15, 0.2) is 0 Å². The zero-order chi connectivity index (χ0) is 16.0. The topological polar surface area (TPSA) is 75.4 Å². The maximum Gasteiger partial charge on any atom is 0.261 e. The van der Waals surface area contributed by atoms with Crippen LogP contribution in [0.3, 0.4) is 0 Å². The molecule has 1 aliphatic carbocycles. The summed E-state index contributed by atoms with van der Waals surface area (Å²) in [7, 11) is 0. The van der Waals surface area contributed by atoms with Crippen molar-refractivity contribution in [1.82, 2.24) is 4.90 Å². The van der Waals surface area contributed by atoms with Crippen molar-refractivity contribution in [2.45, 2.75) is 24.9 Å². The molecule has 2 aliphatic rings. The standard InChI is InChI=1S/C18H17N3O2/c19-15-7-3-4-8-16(15)20-11-9-12(10-11)21-17(22)13-5-1-2-6-14(13)18(21)23/h1-8,11-12,20H,9-10,19H2. The molecule has 2 aromatic carbocycles. The highest BCUT2D eigenvalue weighted by atomic mass is 16.2. The number of nitrogens with one attached hydrogen (secondary N) is 1. The summed E-state index contributed by atoms with van der Waals surface area (Å²) >= 11 is 0. The average Bonchev–Trinajstić information content (AvgIpc) is 2.77. The molecule has 0 atom stereocenters. The van der Waals surface area contributed by atoms with Gasteiger partial charge in [0.05, 0.1) is 22.5 Å². The Bertz CT molecular complexity index is 761. The summed E-state index contributed by atoms with van der Waals surface area (Å²) in [6.07, 6.45) is 1.50. The second-order valence-corrected chi connectivity index (χ2v) is 6.08. The first kappa shape index (κ1) is 13.8. The fraction of sp³-hybridized carbons (Fsp3) is 0.222. The Morgan fingerprint density at radius 3 is 2.09 bits per heavy atom. The quantitative estimate of drug-likeness (QED) is 0.675. The van der Waals surface area contributed by atoms with Crippen LogP contribution in [0.1, 0.15) is 33.6 Å². The van der Waals surface area contributed by atoms with Gasteiger partial charge in [-0.05, 0) is 37.1 Å². The van der Waals surface area contributed by atoms with E-state index in [1.165, 1.54) is 4.90 Å². The number of hydrogen-bond acceptors (Lipinski definition) is 4. The van der Waals surface area contributed by atoms with Crippen LogP contribution in [0.5, 0.6) is 0 Å². The molecule has 2 amide bonds. The molecule has 0 saturated heterocycles. The van der Waals surface area contributed by atoms with Crippen LogP contribution in [0, 0.1) is 0 Å². The van der Waals surface area contributed by atoms with Gasteiger partial charge in [-0.2, -0.15) is 0 Å². The van der Waals surface area contributed by atoms with Gasteiger partial charge in [0.25, 0.3) is 11.8 Å². The fourth-order valence-corrected chi connectivity index (χ4v) is 3.30. The monoisotopic (exact) mass is 307 g/mol. The van der Waals surface area contributed by atoms with Gasteiger partial charge in [-0.25, -0.2) is 0 Å². The van der Waals surface area contributed by atoms with Crippen LogP contribution in [-0.2, 0) is 0 Å². The minimum absolute atomic E-state index is 0.0372. The molecule has 0 aromatic heterocycles. The number of para-hydroxylation sites is 2. The Kier molecular flexibility index (Phi) is 3.08. The van der Waals surface area contributed by atoms with Crippen LogP contribution in [0.15, 0.2) is 48.5 Å². The zero-order valence-corrected chi connectivity index (χ0v) is 12.5. The number of carbonyl (C=O) groups is 2. The molecular weight excluding hydrogens is 290 g/mol. The maximum absolute atomic E-state index is 12.4. The van der Waals surface area contributed by atoms with Gasteiger partial charge in [-0.1, -0.05) is 24.3 Å². The van der Waals surface area contributed by atoms with Gasteiger partial charge < -0.3 is 11.1 Å². The number of anilines is 2. The fourth-order valence-electron chi connectivity index (χ4n) is 3.30. The summed E-state index contributed by atoms with van der Waals surface area (Å²) < 4.78 is 0. The van der Waals surface area contributed by atoms with E-state index in [0.717, 1.165) is 18.5 Å². The van der Waals surface area contributed by atoms with Crippen LogP contribution >= 0.6 is 0 Å². The van der Waals surface area contributed by atoms with Crippen LogP contribution in [0.4, 0.5) is 11.4 Å². The molecule has 23 heavy (non-hydrogen) atoms. The summed E-state index contributed by atoms with van der Waals surface area (Å²) in [5, 5.41) is 3.38. The third kappa shape index (κ3) is 2.16. The second kappa shape index (κ2) is 5.12. The number of nitrogens with zero attached hydrogens (tertiary/aromatic N) is 1. The molecule has 1 aliphatic heterocycles. The van der Waals surface area contributed by atoms with E-state index < -0.39 is 0 Å². The normalized spacial score (nSPS) is 22.7. The van der Waals surface area contributed by atoms with Crippen molar-refractivity contribution in [3.8, 4) is 0 Å². The third-order valence-corrected chi connectivity index (χ3v) is 4.62. The van der Waals surface area contributed by atoms with Gasteiger partial charge in [0.1, 0.15) is 0 Å². The van der Waals surface area contributed by atoms with Crippen LogP contribution < -0.4 is 11.1 Å². The van der Waals surface area contributed by atoms with E-state index in [9.17, 15) is 9.59 Å². The number of imide groups is 1. The van der Waals surface area contributed by atoms with Gasteiger partial charge in [-0.3, -0.25) is 14.5 Å². The van der Waals surface area contributed by atoms with E-state index in [2.05, 4.69) is 5.32 Å². The van der Waals surface area contributed by atoms with Crippen molar-refractivity contribution in [2.75, 3.05) is 11.1 Å². The van der Waals surface area contributed by atoms with E-state index in [1.807, 2.05) is 24.3 Å². The highest BCUT2D eigenvalue weighted by Crippen LogP contribution is 2.35. The third-order valence-electron chi connectivity index (χ3n) is 4.62. The van der Waals surface area contributed by atoms with E-state index in [0.29, 0.717) is 16.8 Å². The Balaban J connectivity index is 1.44. The first-order valence-electron chi connectivity index (χ1n) is 7.73. The molecule has 4 rings (SSSR count). The summed E-state index contributed by atoms with van der Waals surface area (Å²) in [5.41, 5.74) is 8.56. The minimum Gasteiger partial charge on any atom is -0.397 e. The van der Waals surface area contributed by atoms with Crippen LogP contribution in [-0.4, -0.2) is 28.8 Å². The number of nitrogen functional groups attached to an aromatic ring is 1. The lowest BCUT2D eigenvalue weighted by Gasteiger charge is -2.40. The number of benzene rings is 2. The average molecular weight is 307 g/mol. The SMILES string of the molecule is Nc1ccccc1NC1CC(N2C(=O)c3ccccc3C2=O)C1. The molecule has 1 heterocycles. The summed E-state index contributed by atoms with van der Waals surface area (Å²) in [5.74, 6) is -0.346. The van der Waals surface area contributed by atoms with E-state index in [1.54, 1.807) is 24.3 Å². The van der Waals surface area contributed by atoms with Gasteiger partial charge in [-0.15, -0.1) is 0 Å². The number of amides is 2. The van der Waals surface area contributed by atoms with Crippen molar-refractivity contribution >= 4 is 23.2 Å². The number of hydrogen-bond donors (Lipinski definition) is 2. The summed E-state index contributed by atoms with van der Waals surface area (Å²) in [6, 6.07) is 14.8. The number of nitrogens with two attached hydrogens (primary N) is 1. The van der Waals surface area contributed by atoms with Gasteiger partial charge >= 0.3 is 0 Å². The highest BCUT2D eigenvalue weighted by Gasteiger charge is 2.44. The maximum atomic E-state index is 12.4. The van der Waals surface area contributed by atoms with Crippen LogP contribution in [0.25, 0.3) is 0 Å². The van der Waals surface area contributed by atoms with E-state index in [-0.39, 0.29) is 23.9 Å². The molecule has 5 nitrogen and oxygen atoms in total. The van der Waals surface area contributed by atoms with Crippen LogP contribution in [0.2, 0.25) is 0 Å². The molecule has 1 saturated carbocycles.